The SMILES string of the molecule is C=CC.C=CC.C=CC.C=CC.C=CC.C=CC.C=CC.C=CC.C=CC.COCCO. The zero-order chi connectivity index (χ0) is 28.5. The Bertz CT molecular complexity index is 200. The van der Waals surface area contributed by atoms with Crippen molar-refractivity contribution >= 4 is 0 Å². The zero-order valence-corrected chi connectivity index (χ0v) is 23.8. The number of rotatable bonds is 2. The lowest BCUT2D eigenvalue weighted by Crippen LogP contribution is -1.91. The van der Waals surface area contributed by atoms with Crippen molar-refractivity contribution in [2.45, 2.75) is 62.3 Å². The van der Waals surface area contributed by atoms with Crippen LogP contribution >= 0.6 is 0 Å². The lowest BCUT2D eigenvalue weighted by Gasteiger charge is -1.84. The Labute approximate surface area is 206 Å². The highest BCUT2D eigenvalue weighted by atomic mass is 16.5. The first-order valence-electron chi connectivity index (χ1n) is 10.4. The summed E-state index contributed by atoms with van der Waals surface area (Å²) in [5.74, 6) is 0. The van der Waals surface area contributed by atoms with Gasteiger partial charge in [-0.1, -0.05) is 54.7 Å². The Kier molecular flexibility index (Phi) is 467. The Morgan fingerprint density at radius 1 is 0.438 bits per heavy atom. The van der Waals surface area contributed by atoms with Gasteiger partial charge in [0.25, 0.3) is 0 Å². The topological polar surface area (TPSA) is 29.5 Å². The molecule has 0 heterocycles. The van der Waals surface area contributed by atoms with Crippen molar-refractivity contribution in [2.24, 2.45) is 0 Å². The maximum absolute atomic E-state index is 7.94. The molecule has 32 heavy (non-hydrogen) atoms. The van der Waals surface area contributed by atoms with Gasteiger partial charge in [0.1, 0.15) is 0 Å². The molecule has 194 valence electrons. The minimum Gasteiger partial charge on any atom is -0.394 e. The molecule has 2 heteroatoms. The standard InChI is InChI=1S/C3H8O2.9C3H6/c1-5-3-2-4;9*1-3-2/h4H,2-3H2,1H3;9*3H,1H2,2H3. The van der Waals surface area contributed by atoms with Crippen molar-refractivity contribution in [3.05, 3.63) is 114 Å². The first kappa shape index (κ1) is 63.0. The highest BCUT2D eigenvalue weighted by Gasteiger charge is 1.67. The van der Waals surface area contributed by atoms with Gasteiger partial charge in [-0.25, -0.2) is 0 Å². The first-order chi connectivity index (χ1) is 15.1. The third-order valence-electron chi connectivity index (χ3n) is 0.295. The number of aliphatic hydroxyl groups is 1. The smallest absolute Gasteiger partial charge is 0.0693 e. The monoisotopic (exact) mass is 454 g/mol. The van der Waals surface area contributed by atoms with Crippen molar-refractivity contribution in [3.63, 3.8) is 0 Å². The van der Waals surface area contributed by atoms with Gasteiger partial charge in [0.15, 0.2) is 0 Å². The highest BCUT2D eigenvalue weighted by molar-refractivity contribution is 4.53. The van der Waals surface area contributed by atoms with Crippen LogP contribution in [0, 0.1) is 0 Å². The third-order valence-corrected chi connectivity index (χ3v) is 0.295. The van der Waals surface area contributed by atoms with Gasteiger partial charge < -0.3 is 9.84 Å². The van der Waals surface area contributed by atoms with Crippen LogP contribution in [0.3, 0.4) is 0 Å². The average molecular weight is 455 g/mol. The number of aliphatic hydroxyl groups excluding tert-OH is 1. The van der Waals surface area contributed by atoms with Gasteiger partial charge in [0.2, 0.25) is 0 Å². The highest BCUT2D eigenvalue weighted by Crippen LogP contribution is 1.56. The van der Waals surface area contributed by atoms with E-state index in [1.807, 2.05) is 62.3 Å². The van der Waals surface area contributed by atoms with E-state index in [1.54, 1.807) is 61.8 Å². The molecule has 1 N–H and O–H groups in total. The van der Waals surface area contributed by atoms with Crippen LogP contribution in [0.5, 0.6) is 0 Å². The fraction of sp³-hybridized carbons (Fsp3) is 0.400. The van der Waals surface area contributed by atoms with Crippen LogP contribution in [0.25, 0.3) is 0 Å². The Hall–Kier alpha value is -2.42. The van der Waals surface area contributed by atoms with E-state index >= 15 is 0 Å². The molecule has 0 fully saturated rings. The summed E-state index contributed by atoms with van der Waals surface area (Å²) in [6, 6.07) is 0. The molecule has 0 aromatic heterocycles. The van der Waals surface area contributed by atoms with Crippen LogP contribution in [0.4, 0.5) is 0 Å². The normalized spacial score (nSPS) is 4.97. The molecule has 0 amide bonds. The molecule has 0 unspecified atom stereocenters. The molecule has 0 aromatic rings. The summed E-state index contributed by atoms with van der Waals surface area (Å²) in [7, 11) is 1.55. The molecule has 0 saturated carbocycles. The van der Waals surface area contributed by atoms with Gasteiger partial charge in [-0.15, -0.1) is 59.2 Å². The molecule has 0 saturated heterocycles. The molecule has 0 atom stereocenters. The quantitative estimate of drug-likeness (QED) is 0.420. The molecule has 0 aliphatic rings. The van der Waals surface area contributed by atoms with Crippen LogP contribution in [-0.2, 0) is 4.74 Å². The molecule has 0 radical (unpaired) electrons. The van der Waals surface area contributed by atoms with E-state index < -0.39 is 0 Å². The first-order valence-corrected chi connectivity index (χ1v) is 10.4. The van der Waals surface area contributed by atoms with Crippen molar-refractivity contribution in [1.29, 1.82) is 0 Å². The zero-order valence-electron chi connectivity index (χ0n) is 23.8. The molecular formula is C30H62O2. The van der Waals surface area contributed by atoms with Crippen molar-refractivity contribution in [2.75, 3.05) is 20.3 Å². The predicted molar refractivity (Wildman–Crippen MR) is 162 cm³/mol. The van der Waals surface area contributed by atoms with Crippen LogP contribution in [-0.4, -0.2) is 25.4 Å². The molecule has 0 rings (SSSR count). The van der Waals surface area contributed by atoms with Crippen LogP contribution in [0.1, 0.15) is 62.3 Å². The molecule has 2 nitrogen and oxygen atoms in total. The van der Waals surface area contributed by atoms with Crippen LogP contribution < -0.4 is 0 Å². The van der Waals surface area contributed by atoms with E-state index in [9.17, 15) is 0 Å². The summed E-state index contributed by atoms with van der Waals surface area (Å²) < 4.78 is 4.44. The minimum absolute atomic E-state index is 0.122. The molecule has 0 aliphatic heterocycles. The summed E-state index contributed by atoms with van der Waals surface area (Å²) in [4.78, 5) is 0. The fourth-order valence-electron chi connectivity index (χ4n) is 0.0913. The number of methoxy groups -OCH3 is 1. The van der Waals surface area contributed by atoms with Crippen molar-refractivity contribution in [3.8, 4) is 0 Å². The maximum Gasteiger partial charge on any atom is 0.0693 e. The lowest BCUT2D eigenvalue weighted by molar-refractivity contribution is 0.135. The van der Waals surface area contributed by atoms with Crippen LogP contribution in [0.15, 0.2) is 114 Å². The fourth-order valence-corrected chi connectivity index (χ4v) is 0.0913. The Morgan fingerprint density at radius 3 is 0.531 bits per heavy atom. The van der Waals surface area contributed by atoms with E-state index in [1.165, 1.54) is 0 Å². The number of hydrogen-bond donors (Lipinski definition) is 1. The van der Waals surface area contributed by atoms with Gasteiger partial charge >= 0.3 is 0 Å². The summed E-state index contributed by atoms with van der Waals surface area (Å²) in [5, 5.41) is 7.94. The van der Waals surface area contributed by atoms with Gasteiger partial charge in [-0.05, 0) is 62.3 Å². The van der Waals surface area contributed by atoms with Gasteiger partial charge in [-0.2, -0.15) is 0 Å². The molecule has 0 spiro atoms. The second-order valence-corrected chi connectivity index (χ2v) is 4.39. The average Bonchev–Trinajstić information content (AvgIpc) is 2.68. The summed E-state index contributed by atoms with van der Waals surface area (Å²) in [6.45, 7) is 47.8. The van der Waals surface area contributed by atoms with E-state index in [4.69, 9.17) is 5.11 Å². The second kappa shape index (κ2) is 237. The Balaban J connectivity index is -0.0000000211. The van der Waals surface area contributed by atoms with Gasteiger partial charge in [-0.3, -0.25) is 0 Å². The molecule has 0 aromatic carbocycles. The maximum atomic E-state index is 7.94. The van der Waals surface area contributed by atoms with E-state index in [2.05, 4.69) is 63.9 Å². The van der Waals surface area contributed by atoms with Gasteiger partial charge in [0, 0.05) is 7.11 Å². The van der Waals surface area contributed by atoms with Crippen LogP contribution in [0.2, 0.25) is 0 Å². The van der Waals surface area contributed by atoms with E-state index in [-0.39, 0.29) is 6.61 Å². The lowest BCUT2D eigenvalue weighted by atomic mass is 10.8. The number of allylic oxidation sites excluding steroid dienone is 9. The number of hydrogen-bond acceptors (Lipinski definition) is 2. The van der Waals surface area contributed by atoms with Crippen molar-refractivity contribution in [1.82, 2.24) is 0 Å². The summed E-state index contributed by atoms with van der Waals surface area (Å²) in [5.41, 5.74) is 0. The largest absolute Gasteiger partial charge is 0.394 e. The molecule has 0 aliphatic carbocycles. The second-order valence-electron chi connectivity index (χ2n) is 4.39. The number of ether oxygens (including phenoxy) is 1. The molecule has 0 bridgehead atoms. The van der Waals surface area contributed by atoms with E-state index in [0.717, 1.165) is 0 Å². The summed E-state index contributed by atoms with van der Waals surface area (Å²) >= 11 is 0. The Morgan fingerprint density at radius 2 is 0.531 bits per heavy atom. The van der Waals surface area contributed by atoms with Gasteiger partial charge in [0.05, 0.1) is 13.2 Å². The predicted octanol–water partition coefficient (Wildman–Crippen LogP) is 10.4. The molecular weight excluding hydrogens is 392 g/mol. The van der Waals surface area contributed by atoms with E-state index in [0.29, 0.717) is 6.61 Å². The third kappa shape index (κ3) is 110000. The van der Waals surface area contributed by atoms with Crippen molar-refractivity contribution < 1.29 is 9.84 Å². The minimum atomic E-state index is 0.122. The summed E-state index contributed by atoms with van der Waals surface area (Å²) in [6.07, 6.45) is 15.8.